The molecule has 1 aromatic heterocycles. The van der Waals surface area contributed by atoms with Crippen molar-refractivity contribution in [2.24, 2.45) is 0 Å². The molecule has 0 unspecified atom stereocenters. The predicted molar refractivity (Wildman–Crippen MR) is 86.7 cm³/mol. The van der Waals surface area contributed by atoms with Gasteiger partial charge in [-0.2, -0.15) is 0 Å². The van der Waals surface area contributed by atoms with Crippen molar-refractivity contribution in [2.45, 2.75) is 51.2 Å². The van der Waals surface area contributed by atoms with Crippen LogP contribution < -0.4 is 5.32 Å². The van der Waals surface area contributed by atoms with Gasteiger partial charge in [-0.15, -0.1) is 11.3 Å². The van der Waals surface area contributed by atoms with Gasteiger partial charge in [0.25, 0.3) is 0 Å². The molecule has 0 bridgehead atoms. The molecule has 5 heteroatoms. The number of carbonyl (C=O) groups is 1. The molecular weight excluding hydrogens is 284 g/mol. The zero-order valence-electron chi connectivity index (χ0n) is 13.2. The van der Waals surface area contributed by atoms with Crippen LogP contribution in [0.2, 0.25) is 0 Å². The molecule has 2 atom stereocenters. The zero-order valence-corrected chi connectivity index (χ0v) is 14.0. The molecule has 118 valence electrons. The minimum Gasteiger partial charge on any atom is -0.378 e. The van der Waals surface area contributed by atoms with Gasteiger partial charge < -0.3 is 15.0 Å². The highest BCUT2D eigenvalue weighted by molar-refractivity contribution is 7.10. The Bertz CT molecular complexity index is 449. The maximum atomic E-state index is 12.5. The summed E-state index contributed by atoms with van der Waals surface area (Å²) >= 11 is 1.70. The predicted octanol–water partition coefficient (Wildman–Crippen LogP) is 3.80. The van der Waals surface area contributed by atoms with Crippen molar-refractivity contribution < 1.29 is 9.53 Å². The monoisotopic (exact) mass is 310 g/mol. The molecule has 1 N–H and O–H groups in total. The fraction of sp³-hybridized carbons (Fsp3) is 0.688. The van der Waals surface area contributed by atoms with E-state index in [0.29, 0.717) is 0 Å². The Kier molecular flexibility index (Phi) is 5.65. The van der Waals surface area contributed by atoms with Crippen LogP contribution in [0.15, 0.2) is 17.5 Å². The van der Waals surface area contributed by atoms with Gasteiger partial charge in [-0.05, 0) is 44.1 Å². The highest BCUT2D eigenvalue weighted by atomic mass is 32.1. The van der Waals surface area contributed by atoms with Crippen LogP contribution in [0.4, 0.5) is 4.79 Å². The van der Waals surface area contributed by atoms with Crippen molar-refractivity contribution in [1.82, 2.24) is 10.2 Å². The molecule has 0 aromatic carbocycles. The van der Waals surface area contributed by atoms with Gasteiger partial charge >= 0.3 is 6.03 Å². The summed E-state index contributed by atoms with van der Waals surface area (Å²) in [5.41, 5.74) is -0.0903. The lowest BCUT2D eigenvalue weighted by Crippen LogP contribution is -2.42. The molecule has 4 nitrogen and oxygen atoms in total. The molecule has 21 heavy (non-hydrogen) atoms. The van der Waals surface area contributed by atoms with Crippen LogP contribution in [0.25, 0.3) is 0 Å². The first-order valence-electron chi connectivity index (χ1n) is 7.72. The average Bonchev–Trinajstić information content (AvgIpc) is 2.94. The minimum atomic E-state index is -0.0903. The number of ether oxygens (including phenoxy) is 1. The molecule has 2 heterocycles. The Morgan fingerprint density at radius 1 is 1.52 bits per heavy atom. The Labute approximate surface area is 131 Å². The highest BCUT2D eigenvalue weighted by Gasteiger charge is 2.29. The summed E-state index contributed by atoms with van der Waals surface area (Å²) in [6.45, 7) is 5.81. The van der Waals surface area contributed by atoms with Crippen LogP contribution >= 0.6 is 11.3 Å². The van der Waals surface area contributed by atoms with E-state index in [9.17, 15) is 4.79 Å². The van der Waals surface area contributed by atoms with E-state index in [1.165, 1.54) is 4.88 Å². The van der Waals surface area contributed by atoms with Gasteiger partial charge in [-0.1, -0.05) is 13.0 Å². The quantitative estimate of drug-likeness (QED) is 0.919. The van der Waals surface area contributed by atoms with Crippen molar-refractivity contribution in [3.05, 3.63) is 22.4 Å². The van der Waals surface area contributed by atoms with Gasteiger partial charge in [0, 0.05) is 25.1 Å². The number of rotatable bonds is 4. The van der Waals surface area contributed by atoms with E-state index in [0.717, 1.165) is 38.8 Å². The molecule has 1 fully saturated rings. The summed E-state index contributed by atoms with van der Waals surface area (Å²) < 4.78 is 5.59. The Hall–Kier alpha value is -1.07. The maximum Gasteiger partial charge on any atom is 0.317 e. The summed E-state index contributed by atoms with van der Waals surface area (Å²) in [5, 5.41) is 5.22. The van der Waals surface area contributed by atoms with Crippen molar-refractivity contribution >= 4 is 17.4 Å². The van der Waals surface area contributed by atoms with Crippen molar-refractivity contribution in [2.75, 3.05) is 20.2 Å². The lowest BCUT2D eigenvalue weighted by Gasteiger charge is -2.27. The van der Waals surface area contributed by atoms with Crippen LogP contribution in [0, 0.1) is 0 Å². The van der Waals surface area contributed by atoms with E-state index in [-0.39, 0.29) is 17.7 Å². The number of urea groups is 1. The Morgan fingerprint density at radius 2 is 2.33 bits per heavy atom. The third kappa shape index (κ3) is 4.20. The van der Waals surface area contributed by atoms with Crippen molar-refractivity contribution in [3.8, 4) is 0 Å². The zero-order chi connectivity index (χ0) is 15.3. The third-order valence-corrected chi connectivity index (χ3v) is 5.40. The summed E-state index contributed by atoms with van der Waals surface area (Å²) in [7, 11) is 1.76. The summed E-state index contributed by atoms with van der Waals surface area (Å²) in [4.78, 5) is 15.6. The number of nitrogens with zero attached hydrogens (tertiary/aromatic N) is 1. The second kappa shape index (κ2) is 7.27. The van der Waals surface area contributed by atoms with E-state index in [1.54, 1.807) is 18.4 Å². The van der Waals surface area contributed by atoms with E-state index >= 15 is 0 Å². The topological polar surface area (TPSA) is 41.6 Å². The second-order valence-electron chi connectivity index (χ2n) is 5.92. The first-order valence-corrected chi connectivity index (χ1v) is 8.60. The first kappa shape index (κ1) is 16.3. The lowest BCUT2D eigenvalue weighted by atomic mass is 9.97. The van der Waals surface area contributed by atoms with Crippen LogP contribution in [0.5, 0.6) is 0 Å². The second-order valence-corrected chi connectivity index (χ2v) is 6.90. The van der Waals surface area contributed by atoms with Crippen molar-refractivity contribution in [1.29, 1.82) is 0 Å². The van der Waals surface area contributed by atoms with Crippen LogP contribution in [-0.2, 0) is 4.74 Å². The van der Waals surface area contributed by atoms with Gasteiger partial charge in [0.1, 0.15) is 0 Å². The molecule has 1 saturated heterocycles. The summed E-state index contributed by atoms with van der Waals surface area (Å²) in [5.74, 6) is 0. The van der Waals surface area contributed by atoms with E-state index < -0.39 is 0 Å². The van der Waals surface area contributed by atoms with Crippen molar-refractivity contribution in [3.63, 3.8) is 0 Å². The molecule has 2 amide bonds. The number of hydrogen-bond donors (Lipinski definition) is 1. The SMILES string of the molecule is CC[C@@H](NC(=O)N1CCC[C@@](C)(OC)CC1)c1cccs1. The molecule has 1 aromatic rings. The normalized spacial score (nSPS) is 24.4. The number of likely N-dealkylation sites (tertiary alicyclic amines) is 1. The number of carbonyl (C=O) groups excluding carboxylic acids is 1. The third-order valence-electron chi connectivity index (χ3n) is 4.42. The van der Waals surface area contributed by atoms with Gasteiger partial charge in [0.15, 0.2) is 0 Å². The van der Waals surface area contributed by atoms with Crippen LogP contribution in [-0.4, -0.2) is 36.7 Å². The van der Waals surface area contributed by atoms with E-state index in [2.05, 4.69) is 30.6 Å². The van der Waals surface area contributed by atoms with Crippen LogP contribution in [0.3, 0.4) is 0 Å². The number of hydrogen-bond acceptors (Lipinski definition) is 3. The minimum absolute atomic E-state index is 0.0515. The maximum absolute atomic E-state index is 12.5. The molecule has 1 aliphatic heterocycles. The van der Waals surface area contributed by atoms with Gasteiger partial charge in [0.2, 0.25) is 0 Å². The molecule has 1 aliphatic rings. The van der Waals surface area contributed by atoms with Crippen LogP contribution in [0.1, 0.15) is 50.4 Å². The Morgan fingerprint density at radius 3 is 2.95 bits per heavy atom. The molecule has 0 aliphatic carbocycles. The van der Waals surface area contributed by atoms with E-state index in [1.807, 2.05) is 11.0 Å². The molecular formula is C16H26N2O2S. The standard InChI is InChI=1S/C16H26N2O2S/c1-4-13(14-7-5-12-21-14)17-15(19)18-10-6-8-16(2,20-3)9-11-18/h5,7,12-13H,4,6,8-11H2,1-3H3,(H,17,19)/t13-,16-/m1/s1. The molecule has 0 radical (unpaired) electrons. The number of nitrogens with one attached hydrogen (secondary N) is 1. The average molecular weight is 310 g/mol. The molecule has 2 rings (SSSR count). The summed E-state index contributed by atoms with van der Waals surface area (Å²) in [6, 6.07) is 4.29. The lowest BCUT2D eigenvalue weighted by molar-refractivity contribution is -0.00501. The number of thiophene rings is 1. The Balaban J connectivity index is 1.94. The number of methoxy groups -OCH3 is 1. The van der Waals surface area contributed by atoms with E-state index in [4.69, 9.17) is 4.74 Å². The fourth-order valence-electron chi connectivity index (χ4n) is 2.76. The van der Waals surface area contributed by atoms with Gasteiger partial charge in [-0.25, -0.2) is 4.79 Å². The first-order chi connectivity index (χ1) is 10.1. The molecule has 0 spiro atoms. The van der Waals surface area contributed by atoms with Gasteiger partial charge in [0.05, 0.1) is 11.6 Å². The smallest absolute Gasteiger partial charge is 0.317 e. The largest absolute Gasteiger partial charge is 0.378 e. The number of amides is 2. The highest BCUT2D eigenvalue weighted by Crippen LogP contribution is 2.26. The fourth-order valence-corrected chi connectivity index (χ4v) is 3.62. The summed E-state index contributed by atoms with van der Waals surface area (Å²) in [6.07, 6.45) is 3.81. The van der Waals surface area contributed by atoms with Gasteiger partial charge in [-0.3, -0.25) is 0 Å². The molecule has 0 saturated carbocycles.